The third-order valence-electron chi connectivity index (χ3n) is 5.76. The fourth-order valence-electron chi connectivity index (χ4n) is 4.10. The Hall–Kier alpha value is -3.91. The molecule has 5 heteroatoms. The summed E-state index contributed by atoms with van der Waals surface area (Å²) in [5, 5.41) is 17.0. The molecule has 1 aliphatic carbocycles. The summed E-state index contributed by atoms with van der Waals surface area (Å²) >= 11 is 0. The first-order valence-electron chi connectivity index (χ1n) is 9.31. The van der Waals surface area contributed by atoms with Crippen LogP contribution in [-0.4, -0.2) is 11.7 Å². The van der Waals surface area contributed by atoms with Gasteiger partial charge in [0, 0.05) is 11.5 Å². The standard InChI is InChI=1S/C24H20N4O/c25-14-18-4-1-2-7-20(18)15-8-10-19(11-9-15)24(23(28)29)13-21(24)16-5-3-6-17(12-16)22(26)27/h1-12,21H,13H2,(H3,26,27)(H2,28,29). The van der Waals surface area contributed by atoms with Gasteiger partial charge in [-0.1, -0.05) is 60.7 Å². The molecule has 0 saturated heterocycles. The zero-order valence-corrected chi connectivity index (χ0v) is 15.7. The van der Waals surface area contributed by atoms with Crippen molar-refractivity contribution >= 4 is 11.7 Å². The molecule has 1 fully saturated rings. The maximum Gasteiger partial charge on any atom is 0.228 e. The highest BCUT2D eigenvalue weighted by Crippen LogP contribution is 2.60. The van der Waals surface area contributed by atoms with Crippen molar-refractivity contribution in [2.45, 2.75) is 17.8 Å². The molecule has 5 nitrogen and oxygen atoms in total. The predicted octanol–water partition coefficient (Wildman–Crippen LogP) is 3.42. The van der Waals surface area contributed by atoms with Gasteiger partial charge in [-0.3, -0.25) is 10.2 Å². The quantitative estimate of drug-likeness (QED) is 0.465. The Morgan fingerprint density at radius 2 is 1.76 bits per heavy atom. The molecule has 2 unspecified atom stereocenters. The van der Waals surface area contributed by atoms with Gasteiger partial charge in [0.15, 0.2) is 0 Å². The second-order valence-corrected chi connectivity index (χ2v) is 7.37. The van der Waals surface area contributed by atoms with E-state index in [1.807, 2.05) is 60.7 Å². The van der Waals surface area contributed by atoms with Crippen molar-refractivity contribution in [1.82, 2.24) is 0 Å². The maximum atomic E-state index is 12.5. The number of benzene rings is 3. The van der Waals surface area contributed by atoms with E-state index < -0.39 is 5.41 Å². The molecule has 5 N–H and O–H groups in total. The number of carbonyl (C=O) groups is 1. The lowest BCUT2D eigenvalue weighted by Crippen LogP contribution is -2.30. The number of primary amides is 1. The largest absolute Gasteiger partial charge is 0.384 e. The van der Waals surface area contributed by atoms with Gasteiger partial charge in [-0.25, -0.2) is 0 Å². The van der Waals surface area contributed by atoms with Crippen LogP contribution in [0.1, 0.15) is 34.6 Å². The molecule has 0 aliphatic heterocycles. The predicted molar refractivity (Wildman–Crippen MR) is 112 cm³/mol. The number of rotatable bonds is 5. The monoisotopic (exact) mass is 380 g/mol. The molecule has 0 radical (unpaired) electrons. The number of nitriles is 1. The molecule has 29 heavy (non-hydrogen) atoms. The molecule has 0 spiro atoms. The number of nitrogens with one attached hydrogen (secondary N) is 1. The van der Waals surface area contributed by atoms with Crippen LogP contribution in [0.4, 0.5) is 0 Å². The number of hydrogen-bond donors (Lipinski definition) is 3. The van der Waals surface area contributed by atoms with Crippen molar-refractivity contribution in [3.05, 3.63) is 95.1 Å². The molecule has 1 amide bonds. The zero-order chi connectivity index (χ0) is 20.6. The molecular weight excluding hydrogens is 360 g/mol. The first kappa shape index (κ1) is 18.5. The number of nitrogen functional groups attached to an aromatic ring is 1. The van der Waals surface area contributed by atoms with Crippen LogP contribution in [0.2, 0.25) is 0 Å². The smallest absolute Gasteiger partial charge is 0.228 e. The van der Waals surface area contributed by atoms with Crippen LogP contribution in [0.5, 0.6) is 0 Å². The molecule has 3 aromatic carbocycles. The summed E-state index contributed by atoms with van der Waals surface area (Å²) in [5.74, 6) is -0.407. The Bertz CT molecular complexity index is 1160. The van der Waals surface area contributed by atoms with Crippen molar-refractivity contribution in [2.75, 3.05) is 0 Å². The fraction of sp³-hybridized carbons (Fsp3) is 0.125. The number of amidine groups is 1. The number of carbonyl (C=O) groups excluding carboxylic acids is 1. The number of hydrogen-bond acceptors (Lipinski definition) is 3. The van der Waals surface area contributed by atoms with Crippen LogP contribution in [-0.2, 0) is 10.2 Å². The molecule has 0 aromatic heterocycles. The van der Waals surface area contributed by atoms with Crippen molar-refractivity contribution in [3.8, 4) is 17.2 Å². The van der Waals surface area contributed by atoms with Crippen LogP contribution in [0, 0.1) is 16.7 Å². The van der Waals surface area contributed by atoms with E-state index in [9.17, 15) is 10.1 Å². The molecule has 0 heterocycles. The lowest BCUT2D eigenvalue weighted by Gasteiger charge is -2.16. The van der Waals surface area contributed by atoms with E-state index in [0.717, 1.165) is 22.3 Å². The minimum absolute atomic E-state index is 0.00214. The first-order chi connectivity index (χ1) is 14.0. The number of nitrogens with two attached hydrogens (primary N) is 2. The van der Waals surface area contributed by atoms with Crippen LogP contribution >= 0.6 is 0 Å². The van der Waals surface area contributed by atoms with Gasteiger partial charge in [0.05, 0.1) is 17.0 Å². The van der Waals surface area contributed by atoms with E-state index in [1.54, 1.807) is 12.1 Å². The summed E-state index contributed by atoms with van der Waals surface area (Å²) in [6.07, 6.45) is 0.623. The Kier molecular flexibility index (Phi) is 4.40. The van der Waals surface area contributed by atoms with E-state index in [0.29, 0.717) is 17.5 Å². The lowest BCUT2D eigenvalue weighted by atomic mass is 9.88. The van der Waals surface area contributed by atoms with Gasteiger partial charge in [-0.2, -0.15) is 5.26 Å². The highest BCUT2D eigenvalue weighted by atomic mass is 16.1. The fourth-order valence-corrected chi connectivity index (χ4v) is 4.10. The van der Waals surface area contributed by atoms with Crippen LogP contribution in [0.15, 0.2) is 72.8 Å². The maximum absolute atomic E-state index is 12.5. The summed E-state index contributed by atoms with van der Waals surface area (Å²) < 4.78 is 0. The van der Waals surface area contributed by atoms with Crippen LogP contribution in [0.25, 0.3) is 11.1 Å². The Balaban J connectivity index is 1.69. The third kappa shape index (κ3) is 3.05. The average Bonchev–Trinajstić information content (AvgIpc) is 3.51. The highest BCUT2D eigenvalue weighted by Gasteiger charge is 2.60. The van der Waals surface area contributed by atoms with Crippen molar-refractivity contribution in [3.63, 3.8) is 0 Å². The summed E-state index contributed by atoms with van der Waals surface area (Å²) in [4.78, 5) is 12.5. The summed E-state index contributed by atoms with van der Waals surface area (Å²) in [5.41, 5.74) is 15.5. The van der Waals surface area contributed by atoms with Gasteiger partial charge >= 0.3 is 0 Å². The molecular formula is C24H20N4O. The van der Waals surface area contributed by atoms with Gasteiger partial charge in [0.2, 0.25) is 5.91 Å². The highest BCUT2D eigenvalue weighted by molar-refractivity contribution is 5.96. The zero-order valence-electron chi connectivity index (χ0n) is 15.7. The van der Waals surface area contributed by atoms with E-state index in [1.165, 1.54) is 0 Å². The third-order valence-corrected chi connectivity index (χ3v) is 5.76. The Morgan fingerprint density at radius 1 is 1.03 bits per heavy atom. The summed E-state index contributed by atoms with van der Waals surface area (Å²) in [6.45, 7) is 0. The minimum Gasteiger partial charge on any atom is -0.384 e. The summed E-state index contributed by atoms with van der Waals surface area (Å²) in [7, 11) is 0. The number of amides is 1. The second kappa shape index (κ2) is 6.92. The first-order valence-corrected chi connectivity index (χ1v) is 9.31. The van der Waals surface area contributed by atoms with E-state index >= 15 is 0 Å². The normalized spacial score (nSPS) is 19.9. The van der Waals surface area contributed by atoms with Crippen molar-refractivity contribution < 1.29 is 4.79 Å². The van der Waals surface area contributed by atoms with Crippen LogP contribution in [0.3, 0.4) is 0 Å². The molecule has 1 aliphatic rings. The summed E-state index contributed by atoms with van der Waals surface area (Å²) in [6, 6.07) is 24.8. The van der Waals surface area contributed by atoms with Crippen molar-refractivity contribution in [2.24, 2.45) is 11.5 Å². The van der Waals surface area contributed by atoms with E-state index in [2.05, 4.69) is 6.07 Å². The van der Waals surface area contributed by atoms with Gasteiger partial charge in [-0.05, 0) is 40.8 Å². The Labute approximate surface area is 169 Å². The number of nitrogens with zero attached hydrogens (tertiary/aromatic N) is 1. The molecule has 4 rings (SSSR count). The minimum atomic E-state index is -0.761. The van der Waals surface area contributed by atoms with E-state index in [-0.39, 0.29) is 17.7 Å². The van der Waals surface area contributed by atoms with Crippen LogP contribution < -0.4 is 11.5 Å². The SMILES string of the molecule is N#Cc1ccccc1-c1ccc(C2(C(N)=O)CC2c2cccc(C(=N)N)c2)cc1. The average molecular weight is 380 g/mol. The molecule has 3 aromatic rings. The molecule has 1 saturated carbocycles. The Morgan fingerprint density at radius 3 is 2.41 bits per heavy atom. The molecule has 142 valence electrons. The van der Waals surface area contributed by atoms with Crippen molar-refractivity contribution in [1.29, 1.82) is 10.7 Å². The molecule has 2 atom stereocenters. The molecule has 0 bridgehead atoms. The van der Waals surface area contributed by atoms with Gasteiger partial charge in [0.1, 0.15) is 5.84 Å². The van der Waals surface area contributed by atoms with Gasteiger partial charge in [0.25, 0.3) is 0 Å². The van der Waals surface area contributed by atoms with E-state index in [4.69, 9.17) is 16.9 Å². The second-order valence-electron chi connectivity index (χ2n) is 7.37. The van der Waals surface area contributed by atoms with Gasteiger partial charge < -0.3 is 11.5 Å². The lowest BCUT2D eigenvalue weighted by molar-refractivity contribution is -0.120. The van der Waals surface area contributed by atoms with Gasteiger partial charge in [-0.15, -0.1) is 0 Å². The topological polar surface area (TPSA) is 117 Å².